The number of hydrazine groups is 1. The van der Waals surface area contributed by atoms with E-state index in [1.54, 1.807) is 0 Å². The van der Waals surface area contributed by atoms with E-state index in [1.165, 1.54) is 39.0 Å². The van der Waals surface area contributed by atoms with Gasteiger partial charge >= 0.3 is 18.4 Å². The minimum absolute atomic E-state index is 0.0218. The van der Waals surface area contributed by atoms with Crippen LogP contribution in [0.4, 0.5) is 36.8 Å². The highest BCUT2D eigenvalue weighted by Gasteiger charge is 2.59. The van der Waals surface area contributed by atoms with E-state index >= 15 is 0 Å². The number of halogens is 9. The molecule has 2 amide bonds. The SMILES string of the molecule is CC(C)(C)OC(=O)N(NC(=O)CCCC(F)(F)F)c1cc(C2=CC(c3cc(Cl)cc(Cl)c3)(C(F)(F)F)ON2)ccc1Cl. The second kappa shape index (κ2) is 12.4. The molecule has 0 bridgehead atoms. The van der Waals surface area contributed by atoms with Gasteiger partial charge in [-0.25, -0.2) is 4.79 Å². The second-order valence-electron chi connectivity index (χ2n) is 10.1. The Hall–Kier alpha value is -2.87. The lowest BCUT2D eigenvalue weighted by Crippen LogP contribution is -2.48. The van der Waals surface area contributed by atoms with E-state index in [4.69, 9.17) is 44.4 Å². The van der Waals surface area contributed by atoms with E-state index < -0.39 is 60.4 Å². The molecule has 0 saturated heterocycles. The van der Waals surface area contributed by atoms with Gasteiger partial charge in [0.25, 0.3) is 0 Å². The fourth-order valence-corrected chi connectivity index (χ4v) is 4.48. The molecule has 0 fully saturated rings. The number of rotatable bonds is 6. The van der Waals surface area contributed by atoms with E-state index in [1.807, 2.05) is 0 Å². The van der Waals surface area contributed by atoms with Crippen LogP contribution in [-0.2, 0) is 20.0 Å². The summed E-state index contributed by atoms with van der Waals surface area (Å²) >= 11 is 18.2. The summed E-state index contributed by atoms with van der Waals surface area (Å²) in [7, 11) is 0. The van der Waals surface area contributed by atoms with Crippen molar-refractivity contribution < 1.29 is 45.5 Å². The summed E-state index contributed by atoms with van der Waals surface area (Å²) in [5.74, 6) is -0.970. The average molecular weight is 663 g/mol. The molecular weight excluding hydrogens is 639 g/mol. The fourth-order valence-electron chi connectivity index (χ4n) is 3.75. The van der Waals surface area contributed by atoms with Crippen molar-refractivity contribution in [2.45, 2.75) is 63.6 Å². The van der Waals surface area contributed by atoms with Crippen molar-refractivity contribution in [2.24, 2.45) is 0 Å². The van der Waals surface area contributed by atoms with Crippen LogP contribution in [0.5, 0.6) is 0 Å². The fraction of sp³-hybridized carbons (Fsp3) is 0.385. The van der Waals surface area contributed by atoms with Gasteiger partial charge in [0.15, 0.2) is 0 Å². The van der Waals surface area contributed by atoms with Crippen molar-refractivity contribution in [2.75, 3.05) is 5.01 Å². The number of amides is 2. The first-order chi connectivity index (χ1) is 19.2. The maximum Gasteiger partial charge on any atom is 0.434 e. The molecule has 1 aliphatic rings. The molecule has 0 radical (unpaired) electrons. The number of hydroxylamine groups is 1. The number of nitrogens with zero attached hydrogens (tertiary/aromatic N) is 1. The molecule has 2 aromatic rings. The molecule has 1 aliphatic heterocycles. The van der Waals surface area contributed by atoms with Gasteiger partial charge in [-0.2, -0.15) is 31.4 Å². The molecule has 16 heteroatoms. The first kappa shape index (κ1) is 33.6. The lowest BCUT2D eigenvalue weighted by atomic mass is 9.91. The predicted molar refractivity (Wildman–Crippen MR) is 145 cm³/mol. The van der Waals surface area contributed by atoms with Gasteiger partial charge in [-0.15, -0.1) is 0 Å². The number of alkyl halides is 6. The van der Waals surface area contributed by atoms with Gasteiger partial charge in [0.2, 0.25) is 11.5 Å². The highest BCUT2D eigenvalue weighted by molar-refractivity contribution is 6.35. The number of hydrogen-bond acceptors (Lipinski definition) is 5. The summed E-state index contributed by atoms with van der Waals surface area (Å²) in [6.45, 7) is 4.57. The van der Waals surface area contributed by atoms with Crippen LogP contribution in [0.1, 0.15) is 51.2 Å². The summed E-state index contributed by atoms with van der Waals surface area (Å²) < 4.78 is 86.1. The third-order valence-electron chi connectivity index (χ3n) is 5.56. The van der Waals surface area contributed by atoms with Gasteiger partial charge in [0.05, 0.1) is 16.4 Å². The van der Waals surface area contributed by atoms with Crippen LogP contribution in [-0.4, -0.2) is 30.0 Å². The van der Waals surface area contributed by atoms with Gasteiger partial charge in [0.1, 0.15) is 5.60 Å². The molecule has 3 rings (SSSR count). The van der Waals surface area contributed by atoms with Gasteiger partial charge in [-0.3, -0.25) is 20.5 Å². The Labute approximate surface area is 251 Å². The van der Waals surface area contributed by atoms with Crippen molar-refractivity contribution >= 4 is 58.2 Å². The van der Waals surface area contributed by atoms with E-state index in [0.717, 1.165) is 24.3 Å². The van der Waals surface area contributed by atoms with Gasteiger partial charge in [-0.1, -0.05) is 40.9 Å². The molecule has 2 N–H and O–H groups in total. The lowest BCUT2D eigenvalue weighted by molar-refractivity contribution is -0.269. The van der Waals surface area contributed by atoms with E-state index in [0.29, 0.717) is 5.01 Å². The Morgan fingerprint density at radius 3 is 2.17 bits per heavy atom. The first-order valence-corrected chi connectivity index (χ1v) is 13.2. The van der Waals surface area contributed by atoms with Crippen LogP contribution in [0.3, 0.4) is 0 Å². The number of benzene rings is 2. The number of carbonyl (C=O) groups excluding carboxylic acids is 2. The second-order valence-corrected chi connectivity index (χ2v) is 11.4. The number of carbonyl (C=O) groups is 2. The molecule has 0 aliphatic carbocycles. The van der Waals surface area contributed by atoms with Crippen LogP contribution in [0.25, 0.3) is 5.70 Å². The van der Waals surface area contributed by atoms with Gasteiger partial charge < -0.3 is 4.74 Å². The van der Waals surface area contributed by atoms with Crippen LogP contribution in [0, 0.1) is 0 Å². The summed E-state index contributed by atoms with van der Waals surface area (Å²) in [5.41, 5.74) is -0.556. The number of ether oxygens (including phenoxy) is 1. The van der Waals surface area contributed by atoms with Crippen molar-refractivity contribution in [1.29, 1.82) is 0 Å². The molecule has 230 valence electrons. The minimum atomic E-state index is -5.00. The van der Waals surface area contributed by atoms with E-state index in [-0.39, 0.29) is 32.0 Å². The van der Waals surface area contributed by atoms with E-state index in [2.05, 4.69) is 10.9 Å². The zero-order valence-electron chi connectivity index (χ0n) is 22.1. The zero-order valence-corrected chi connectivity index (χ0v) is 24.4. The zero-order chi connectivity index (χ0) is 31.7. The molecular formula is C26H24Cl3F6N3O4. The molecule has 7 nitrogen and oxygen atoms in total. The topological polar surface area (TPSA) is 79.9 Å². The Kier molecular flexibility index (Phi) is 9.92. The quantitative estimate of drug-likeness (QED) is 0.240. The largest absolute Gasteiger partial charge is 0.442 e. The molecule has 42 heavy (non-hydrogen) atoms. The van der Waals surface area contributed by atoms with Gasteiger partial charge in [0, 0.05) is 34.0 Å². The summed E-state index contributed by atoms with van der Waals surface area (Å²) in [6, 6.07) is 7.01. The summed E-state index contributed by atoms with van der Waals surface area (Å²) in [4.78, 5) is 30.6. The monoisotopic (exact) mass is 661 g/mol. The van der Waals surface area contributed by atoms with Crippen molar-refractivity contribution in [3.8, 4) is 0 Å². The Balaban J connectivity index is 2.03. The van der Waals surface area contributed by atoms with Gasteiger partial charge in [-0.05, 0) is 63.6 Å². The molecule has 0 saturated carbocycles. The Morgan fingerprint density at radius 1 is 1.00 bits per heavy atom. The third-order valence-corrected chi connectivity index (χ3v) is 6.31. The summed E-state index contributed by atoms with van der Waals surface area (Å²) in [6.07, 6.45) is -12.3. The molecule has 1 heterocycles. The maximum absolute atomic E-state index is 14.4. The highest BCUT2D eigenvalue weighted by atomic mass is 35.5. The average Bonchev–Trinajstić information content (AvgIpc) is 3.28. The lowest BCUT2D eigenvalue weighted by Gasteiger charge is -2.28. The van der Waals surface area contributed by atoms with E-state index in [9.17, 15) is 35.9 Å². The maximum atomic E-state index is 14.4. The number of anilines is 1. The molecule has 1 atom stereocenters. The standard InChI is InChI=1S/C26H24Cl3F6N3O4/c1-23(2,3)41-22(40)38(36-21(39)5-4-8-25(30,31)32)20-9-14(6-7-18(20)29)19-13-24(42-37-19,26(33,34)35)15-10-16(27)12-17(28)11-15/h6-7,9-13,37H,4-5,8H2,1-3H3,(H,36,39). The van der Waals surface area contributed by atoms with Crippen molar-refractivity contribution in [1.82, 2.24) is 10.9 Å². The molecule has 0 aromatic heterocycles. The number of hydrogen-bond donors (Lipinski definition) is 2. The summed E-state index contributed by atoms with van der Waals surface area (Å²) in [5, 5.41) is 0.277. The Bertz CT molecular complexity index is 1360. The Morgan fingerprint density at radius 2 is 1.62 bits per heavy atom. The van der Waals surface area contributed by atoms with Crippen molar-refractivity contribution in [3.63, 3.8) is 0 Å². The third kappa shape index (κ3) is 8.36. The normalized spacial score (nSPS) is 17.4. The number of nitrogens with one attached hydrogen (secondary N) is 2. The minimum Gasteiger partial charge on any atom is -0.442 e. The molecule has 1 unspecified atom stereocenters. The van der Waals surface area contributed by atoms with Crippen molar-refractivity contribution in [3.05, 3.63) is 68.7 Å². The predicted octanol–water partition coefficient (Wildman–Crippen LogP) is 8.49. The van der Waals surface area contributed by atoms with Crippen LogP contribution < -0.4 is 15.9 Å². The highest BCUT2D eigenvalue weighted by Crippen LogP contribution is 2.48. The van der Waals surface area contributed by atoms with Crippen LogP contribution in [0.15, 0.2) is 42.5 Å². The van der Waals surface area contributed by atoms with Crippen LogP contribution in [0.2, 0.25) is 15.1 Å². The molecule has 2 aromatic carbocycles. The first-order valence-electron chi connectivity index (χ1n) is 12.1. The van der Waals surface area contributed by atoms with Crippen LogP contribution >= 0.6 is 34.8 Å². The smallest absolute Gasteiger partial charge is 0.434 e. The molecule has 0 spiro atoms.